The van der Waals surface area contributed by atoms with Crippen molar-refractivity contribution < 1.29 is 8.42 Å². The van der Waals surface area contributed by atoms with Gasteiger partial charge in [-0.2, -0.15) is 0 Å². The molecule has 0 saturated carbocycles. The van der Waals surface area contributed by atoms with E-state index in [4.69, 9.17) is 5.14 Å². The topological polar surface area (TPSA) is 60.2 Å². The van der Waals surface area contributed by atoms with Crippen molar-refractivity contribution in [1.29, 1.82) is 0 Å². The Morgan fingerprint density at radius 3 is 2.25 bits per heavy atom. The summed E-state index contributed by atoms with van der Waals surface area (Å²) in [7, 11) is -3.38. The summed E-state index contributed by atoms with van der Waals surface area (Å²) in [5.41, 5.74) is 0. The maximum atomic E-state index is 11.0. The van der Waals surface area contributed by atoms with E-state index < -0.39 is 15.3 Å². The summed E-state index contributed by atoms with van der Waals surface area (Å²) >= 11 is 0. The zero-order valence-corrected chi connectivity index (χ0v) is 8.47. The molecule has 0 aromatic rings. The molecule has 12 heavy (non-hydrogen) atoms. The monoisotopic (exact) mass is 191 g/mol. The lowest BCUT2D eigenvalue weighted by Crippen LogP contribution is -2.32. The van der Waals surface area contributed by atoms with E-state index in [-0.39, 0.29) is 5.92 Å². The van der Waals surface area contributed by atoms with Gasteiger partial charge in [0.1, 0.15) is 0 Å². The summed E-state index contributed by atoms with van der Waals surface area (Å²) in [6, 6.07) is 0. The highest BCUT2D eigenvalue weighted by molar-refractivity contribution is 7.89. The molecule has 0 radical (unpaired) electrons. The Balaban J connectivity index is 4.35. The van der Waals surface area contributed by atoms with Crippen LogP contribution in [-0.4, -0.2) is 13.7 Å². The summed E-state index contributed by atoms with van der Waals surface area (Å²) in [5.74, 6) is 0.0694. The van der Waals surface area contributed by atoms with Gasteiger partial charge in [-0.15, -0.1) is 6.58 Å². The van der Waals surface area contributed by atoms with Crippen molar-refractivity contribution in [2.45, 2.75) is 31.9 Å². The Hall–Kier alpha value is -0.350. The molecule has 3 nitrogen and oxygen atoms in total. The van der Waals surface area contributed by atoms with Crippen molar-refractivity contribution in [2.24, 2.45) is 11.1 Å². The van der Waals surface area contributed by atoms with E-state index in [1.165, 1.54) is 0 Å². The molecule has 0 aliphatic carbocycles. The van der Waals surface area contributed by atoms with Gasteiger partial charge in [0.2, 0.25) is 10.0 Å². The smallest absolute Gasteiger partial charge is 0.212 e. The Morgan fingerprint density at radius 1 is 1.50 bits per heavy atom. The van der Waals surface area contributed by atoms with Crippen LogP contribution in [0, 0.1) is 5.92 Å². The normalized spacial score (nSPS) is 14.7. The first kappa shape index (κ1) is 11.6. The van der Waals surface area contributed by atoms with Crippen LogP contribution in [0.2, 0.25) is 0 Å². The van der Waals surface area contributed by atoms with E-state index in [1.807, 2.05) is 13.8 Å². The first-order valence-corrected chi connectivity index (χ1v) is 5.63. The van der Waals surface area contributed by atoms with Gasteiger partial charge in [0.15, 0.2) is 0 Å². The predicted octanol–water partition coefficient (Wildman–Crippen LogP) is 1.27. The van der Waals surface area contributed by atoms with Crippen molar-refractivity contribution in [2.75, 3.05) is 0 Å². The summed E-state index contributed by atoms with van der Waals surface area (Å²) < 4.78 is 22.0. The first-order valence-electron chi connectivity index (χ1n) is 4.02. The van der Waals surface area contributed by atoms with E-state index in [2.05, 4.69) is 6.58 Å². The number of hydrogen-bond acceptors (Lipinski definition) is 2. The number of primary sulfonamides is 1. The molecule has 0 amide bonds. The third-order valence-corrected chi connectivity index (χ3v) is 3.44. The van der Waals surface area contributed by atoms with Crippen LogP contribution < -0.4 is 5.14 Å². The average Bonchev–Trinajstić information content (AvgIpc) is 1.84. The average molecular weight is 191 g/mol. The SMILES string of the molecule is C=CCCC(C(C)C)S(N)(=O)=O. The quantitative estimate of drug-likeness (QED) is 0.665. The van der Waals surface area contributed by atoms with Gasteiger partial charge in [0.05, 0.1) is 5.25 Å². The molecule has 4 heteroatoms. The van der Waals surface area contributed by atoms with Crippen LogP contribution in [0.4, 0.5) is 0 Å². The zero-order chi connectivity index (χ0) is 9.78. The Labute approximate surface area is 74.7 Å². The third-order valence-electron chi connectivity index (χ3n) is 1.82. The minimum Gasteiger partial charge on any atom is -0.228 e. The first-order chi connectivity index (χ1) is 5.39. The molecule has 0 aromatic carbocycles. The second-order valence-corrected chi connectivity index (χ2v) is 5.02. The molecular formula is C8H17NO2S. The van der Waals surface area contributed by atoms with E-state index in [9.17, 15) is 8.42 Å². The number of sulfonamides is 1. The molecule has 1 atom stereocenters. The highest BCUT2D eigenvalue weighted by Crippen LogP contribution is 2.15. The summed E-state index contributed by atoms with van der Waals surface area (Å²) in [6.45, 7) is 7.26. The van der Waals surface area contributed by atoms with Crippen molar-refractivity contribution >= 4 is 10.0 Å². The van der Waals surface area contributed by atoms with Gasteiger partial charge in [0, 0.05) is 0 Å². The van der Waals surface area contributed by atoms with Gasteiger partial charge < -0.3 is 0 Å². The number of hydrogen-bond donors (Lipinski definition) is 1. The molecular weight excluding hydrogens is 174 g/mol. The molecule has 1 unspecified atom stereocenters. The van der Waals surface area contributed by atoms with Gasteiger partial charge in [0.25, 0.3) is 0 Å². The fraction of sp³-hybridized carbons (Fsp3) is 0.750. The molecule has 0 saturated heterocycles. The third kappa shape index (κ3) is 3.88. The second-order valence-electron chi connectivity index (χ2n) is 3.24. The Morgan fingerprint density at radius 2 is 2.00 bits per heavy atom. The maximum Gasteiger partial charge on any atom is 0.212 e. The molecule has 0 bridgehead atoms. The molecule has 0 aromatic heterocycles. The second kappa shape index (κ2) is 4.62. The highest BCUT2D eigenvalue weighted by atomic mass is 32.2. The van der Waals surface area contributed by atoms with Gasteiger partial charge in [-0.05, 0) is 18.8 Å². The van der Waals surface area contributed by atoms with Crippen molar-refractivity contribution in [3.63, 3.8) is 0 Å². The molecule has 72 valence electrons. The van der Waals surface area contributed by atoms with Gasteiger partial charge in [-0.3, -0.25) is 0 Å². The summed E-state index contributed by atoms with van der Waals surface area (Å²) in [6.07, 6.45) is 2.97. The summed E-state index contributed by atoms with van der Waals surface area (Å²) in [5, 5.41) is 4.62. The van der Waals surface area contributed by atoms with Crippen LogP contribution in [0.3, 0.4) is 0 Å². The Kier molecular flexibility index (Phi) is 4.49. The standard InChI is InChI=1S/C8H17NO2S/c1-4-5-6-8(7(2)3)12(9,10)11/h4,7-8H,1,5-6H2,2-3H3,(H2,9,10,11). The highest BCUT2D eigenvalue weighted by Gasteiger charge is 2.23. The van der Waals surface area contributed by atoms with Crippen LogP contribution in [0.25, 0.3) is 0 Å². The molecule has 0 aliphatic heterocycles. The van der Waals surface area contributed by atoms with E-state index in [0.29, 0.717) is 12.8 Å². The van der Waals surface area contributed by atoms with Gasteiger partial charge >= 0.3 is 0 Å². The van der Waals surface area contributed by atoms with E-state index >= 15 is 0 Å². The van der Waals surface area contributed by atoms with Crippen LogP contribution in [0.5, 0.6) is 0 Å². The van der Waals surface area contributed by atoms with Crippen molar-refractivity contribution in [3.8, 4) is 0 Å². The summed E-state index contributed by atoms with van der Waals surface area (Å²) in [4.78, 5) is 0. The van der Waals surface area contributed by atoms with Gasteiger partial charge in [-0.25, -0.2) is 13.6 Å². The fourth-order valence-electron chi connectivity index (χ4n) is 1.16. The van der Waals surface area contributed by atoms with E-state index in [0.717, 1.165) is 0 Å². The maximum absolute atomic E-state index is 11.0. The number of allylic oxidation sites excluding steroid dienone is 1. The molecule has 0 heterocycles. The fourth-order valence-corrected chi connectivity index (χ4v) is 2.38. The van der Waals surface area contributed by atoms with Crippen molar-refractivity contribution in [3.05, 3.63) is 12.7 Å². The molecule has 0 rings (SSSR count). The lowest BCUT2D eigenvalue weighted by molar-refractivity contribution is 0.515. The zero-order valence-electron chi connectivity index (χ0n) is 7.66. The number of rotatable bonds is 5. The van der Waals surface area contributed by atoms with Crippen molar-refractivity contribution in [1.82, 2.24) is 0 Å². The van der Waals surface area contributed by atoms with Crippen LogP contribution in [0.15, 0.2) is 12.7 Å². The molecule has 0 aliphatic rings. The lowest BCUT2D eigenvalue weighted by atomic mass is 10.1. The van der Waals surface area contributed by atoms with Crippen LogP contribution in [-0.2, 0) is 10.0 Å². The van der Waals surface area contributed by atoms with E-state index in [1.54, 1.807) is 6.08 Å². The number of nitrogens with two attached hydrogens (primary N) is 1. The van der Waals surface area contributed by atoms with Crippen LogP contribution >= 0.6 is 0 Å². The molecule has 2 N–H and O–H groups in total. The molecule has 0 spiro atoms. The predicted molar refractivity (Wildman–Crippen MR) is 51.2 cm³/mol. The van der Waals surface area contributed by atoms with Gasteiger partial charge in [-0.1, -0.05) is 19.9 Å². The Bertz CT molecular complexity index is 231. The lowest BCUT2D eigenvalue weighted by Gasteiger charge is -2.17. The minimum atomic E-state index is -3.38. The molecule has 0 fully saturated rings. The largest absolute Gasteiger partial charge is 0.228 e. The van der Waals surface area contributed by atoms with Crippen LogP contribution in [0.1, 0.15) is 26.7 Å². The minimum absolute atomic E-state index is 0.0694.